The molecule has 0 heterocycles. The van der Waals surface area contributed by atoms with Crippen molar-refractivity contribution in [1.29, 1.82) is 0 Å². The molecule has 1 nitrogen and oxygen atoms in total. The summed E-state index contributed by atoms with van der Waals surface area (Å²) in [6, 6.07) is 9.64. The van der Waals surface area contributed by atoms with Crippen LogP contribution in [0.1, 0.15) is 29.7 Å². The fraction of sp³-hybridized carbons (Fsp3) is 0.294. The van der Waals surface area contributed by atoms with Gasteiger partial charge in [0.1, 0.15) is 0 Å². The Bertz CT molecular complexity index is 625. The first-order valence-corrected chi connectivity index (χ1v) is 6.95. The van der Waals surface area contributed by atoms with Gasteiger partial charge in [0.2, 0.25) is 0 Å². The average molecular weight is 293 g/mol. The lowest BCUT2D eigenvalue weighted by Gasteiger charge is -2.20. The van der Waals surface area contributed by atoms with Gasteiger partial charge in [-0.05, 0) is 37.1 Å². The monoisotopic (exact) mass is 293 g/mol. The number of halogens is 3. The van der Waals surface area contributed by atoms with Crippen molar-refractivity contribution in [2.24, 2.45) is 0 Å². The summed E-state index contributed by atoms with van der Waals surface area (Å²) in [5.41, 5.74) is 2.29. The van der Waals surface area contributed by atoms with Crippen molar-refractivity contribution < 1.29 is 13.2 Å². The third-order valence-corrected chi connectivity index (χ3v) is 3.58. The summed E-state index contributed by atoms with van der Waals surface area (Å²) < 4.78 is 40.5. The van der Waals surface area contributed by atoms with Crippen LogP contribution in [0.5, 0.6) is 0 Å². The van der Waals surface area contributed by atoms with Gasteiger partial charge in [0.25, 0.3) is 0 Å². The predicted molar refractivity (Wildman–Crippen MR) is 77.6 cm³/mol. The molecule has 112 valence electrons. The molecule has 4 heteroatoms. The van der Waals surface area contributed by atoms with Crippen LogP contribution in [-0.4, -0.2) is 6.54 Å². The van der Waals surface area contributed by atoms with Gasteiger partial charge in [-0.1, -0.05) is 37.3 Å². The number of hydrogen-bond donors (Lipinski definition) is 1. The molecule has 1 unspecified atom stereocenters. The van der Waals surface area contributed by atoms with Gasteiger partial charge in [0.05, 0.1) is 0 Å². The highest BCUT2D eigenvalue weighted by Gasteiger charge is 2.21. The first-order chi connectivity index (χ1) is 10.0. The van der Waals surface area contributed by atoms with Crippen LogP contribution in [0, 0.1) is 24.4 Å². The van der Waals surface area contributed by atoms with Gasteiger partial charge in [-0.25, -0.2) is 13.2 Å². The topological polar surface area (TPSA) is 12.0 Å². The Hall–Kier alpha value is -1.81. The van der Waals surface area contributed by atoms with E-state index in [9.17, 15) is 13.2 Å². The highest BCUT2D eigenvalue weighted by Crippen LogP contribution is 2.25. The van der Waals surface area contributed by atoms with Gasteiger partial charge in [-0.3, -0.25) is 0 Å². The van der Waals surface area contributed by atoms with Crippen molar-refractivity contribution in [1.82, 2.24) is 5.32 Å². The summed E-state index contributed by atoms with van der Waals surface area (Å²) >= 11 is 0. The van der Waals surface area contributed by atoms with Gasteiger partial charge in [-0.2, -0.15) is 0 Å². The summed E-state index contributed by atoms with van der Waals surface area (Å²) in [6.45, 7) is 4.47. The van der Waals surface area contributed by atoms with Gasteiger partial charge in [-0.15, -0.1) is 0 Å². The third kappa shape index (κ3) is 3.45. The van der Waals surface area contributed by atoms with E-state index in [-0.39, 0.29) is 5.56 Å². The molecule has 1 atom stereocenters. The maximum absolute atomic E-state index is 14.0. The number of hydrogen-bond acceptors (Lipinski definition) is 1. The number of likely N-dealkylation sites (N-methyl/N-ethyl adjacent to an activating group) is 1. The predicted octanol–water partition coefficient (Wildman–Crippen LogP) is 4.31. The molecule has 2 aromatic carbocycles. The van der Waals surface area contributed by atoms with Crippen molar-refractivity contribution in [3.8, 4) is 0 Å². The molecule has 0 aliphatic carbocycles. The van der Waals surface area contributed by atoms with Crippen LogP contribution in [0.25, 0.3) is 0 Å². The molecule has 2 rings (SSSR count). The maximum Gasteiger partial charge on any atom is 0.194 e. The van der Waals surface area contributed by atoms with Gasteiger partial charge >= 0.3 is 0 Å². The molecule has 0 saturated heterocycles. The third-order valence-electron chi connectivity index (χ3n) is 3.58. The molecule has 0 fully saturated rings. The van der Waals surface area contributed by atoms with E-state index >= 15 is 0 Å². The minimum Gasteiger partial charge on any atom is -0.310 e. The molecule has 1 N–H and O–H groups in total. The Morgan fingerprint density at radius 2 is 1.71 bits per heavy atom. The lowest BCUT2D eigenvalue weighted by atomic mass is 9.95. The molecule has 0 radical (unpaired) electrons. The fourth-order valence-electron chi connectivity index (χ4n) is 2.41. The van der Waals surface area contributed by atoms with Crippen LogP contribution in [-0.2, 0) is 6.42 Å². The van der Waals surface area contributed by atoms with E-state index in [0.29, 0.717) is 13.0 Å². The quantitative estimate of drug-likeness (QED) is 0.810. The number of benzene rings is 2. The molecule has 2 aromatic rings. The van der Waals surface area contributed by atoms with Crippen molar-refractivity contribution in [2.75, 3.05) is 6.54 Å². The van der Waals surface area contributed by atoms with E-state index in [1.807, 2.05) is 38.1 Å². The van der Waals surface area contributed by atoms with Crippen molar-refractivity contribution in [3.63, 3.8) is 0 Å². The lowest BCUT2D eigenvalue weighted by Crippen LogP contribution is -2.24. The summed E-state index contributed by atoms with van der Waals surface area (Å²) in [6.07, 6.45) is 0.516. The summed E-state index contributed by atoms with van der Waals surface area (Å²) in [7, 11) is 0. The minimum atomic E-state index is -1.42. The smallest absolute Gasteiger partial charge is 0.194 e. The Labute approximate surface area is 122 Å². The standard InChI is InChI=1S/C17H18F3N/c1-3-21-15(10-12-7-5-4-6-11(12)2)13-8-9-14(18)17(20)16(13)19/h4-9,15,21H,3,10H2,1-2H3. The molecule has 0 aliphatic rings. The highest BCUT2D eigenvalue weighted by atomic mass is 19.2. The first kappa shape index (κ1) is 15.6. The Morgan fingerprint density at radius 3 is 2.38 bits per heavy atom. The molecule has 0 spiro atoms. The van der Waals surface area contributed by atoms with E-state index < -0.39 is 23.5 Å². The SMILES string of the molecule is CCNC(Cc1ccccc1C)c1ccc(F)c(F)c1F. The zero-order chi connectivity index (χ0) is 15.4. The zero-order valence-corrected chi connectivity index (χ0v) is 12.1. The zero-order valence-electron chi connectivity index (χ0n) is 12.1. The normalized spacial score (nSPS) is 12.4. The molecule has 0 saturated carbocycles. The number of aryl methyl sites for hydroxylation is 1. The molecule has 0 aromatic heterocycles. The molecule has 0 amide bonds. The van der Waals surface area contributed by atoms with Crippen molar-refractivity contribution >= 4 is 0 Å². The van der Waals surface area contributed by atoms with Gasteiger partial charge < -0.3 is 5.32 Å². The molecule has 21 heavy (non-hydrogen) atoms. The van der Waals surface area contributed by atoms with Gasteiger partial charge in [0, 0.05) is 11.6 Å². The summed E-state index contributed by atoms with van der Waals surface area (Å²) in [5.74, 6) is -3.70. The van der Waals surface area contributed by atoms with Crippen LogP contribution in [0.2, 0.25) is 0 Å². The minimum absolute atomic E-state index is 0.152. The second-order valence-electron chi connectivity index (χ2n) is 5.01. The van der Waals surface area contributed by atoms with E-state index in [1.54, 1.807) is 0 Å². The first-order valence-electron chi connectivity index (χ1n) is 6.95. The fourth-order valence-corrected chi connectivity index (χ4v) is 2.41. The highest BCUT2D eigenvalue weighted by molar-refractivity contribution is 5.30. The number of rotatable bonds is 5. The second-order valence-corrected chi connectivity index (χ2v) is 5.01. The van der Waals surface area contributed by atoms with E-state index in [1.165, 1.54) is 6.07 Å². The largest absolute Gasteiger partial charge is 0.310 e. The molecule has 0 bridgehead atoms. The molecular weight excluding hydrogens is 275 g/mol. The van der Waals surface area contributed by atoms with E-state index in [4.69, 9.17) is 0 Å². The van der Waals surface area contributed by atoms with Crippen molar-refractivity contribution in [3.05, 3.63) is 70.5 Å². The van der Waals surface area contributed by atoms with Gasteiger partial charge in [0.15, 0.2) is 17.5 Å². The molecule has 0 aliphatic heterocycles. The van der Waals surface area contributed by atoms with Crippen LogP contribution in [0.15, 0.2) is 36.4 Å². The van der Waals surface area contributed by atoms with Crippen LogP contribution in [0.3, 0.4) is 0 Å². The van der Waals surface area contributed by atoms with Crippen LogP contribution >= 0.6 is 0 Å². The van der Waals surface area contributed by atoms with Crippen molar-refractivity contribution in [2.45, 2.75) is 26.3 Å². The Morgan fingerprint density at radius 1 is 1.00 bits per heavy atom. The lowest BCUT2D eigenvalue weighted by molar-refractivity contribution is 0.425. The second kappa shape index (κ2) is 6.76. The number of nitrogens with one attached hydrogen (secondary N) is 1. The Kier molecular flexibility index (Phi) is 5.02. The van der Waals surface area contributed by atoms with E-state index in [2.05, 4.69) is 5.32 Å². The summed E-state index contributed by atoms with van der Waals surface area (Å²) in [4.78, 5) is 0. The molecular formula is C17H18F3N. The van der Waals surface area contributed by atoms with E-state index in [0.717, 1.165) is 17.2 Å². The maximum atomic E-state index is 14.0. The van der Waals surface area contributed by atoms with Crippen LogP contribution in [0.4, 0.5) is 13.2 Å². The average Bonchev–Trinajstić information content (AvgIpc) is 2.47. The van der Waals surface area contributed by atoms with Crippen LogP contribution < -0.4 is 5.32 Å². The summed E-state index contributed by atoms with van der Waals surface area (Å²) in [5, 5.41) is 3.13. The Balaban J connectivity index is 2.36.